The summed E-state index contributed by atoms with van der Waals surface area (Å²) in [5.74, 6) is 1.77. The molecule has 2 fully saturated rings. The molecule has 0 aliphatic heterocycles. The van der Waals surface area contributed by atoms with Gasteiger partial charge in [0.15, 0.2) is 0 Å². The van der Waals surface area contributed by atoms with Gasteiger partial charge in [-0.1, -0.05) is 39.8 Å². The second-order valence-electron chi connectivity index (χ2n) is 9.50. The normalized spacial score (nSPS) is 32.8. The Kier molecular flexibility index (Phi) is 6.17. The fourth-order valence-electron chi connectivity index (χ4n) is 5.72. The minimum absolute atomic E-state index is 0.0593. The molecular weight excluding hydrogens is 312 g/mol. The SMILES string of the molecule is C=C1CC[C@@H]2C(C)(C)CC(=O)C[C@]2(C)[C@H]1CC[C@H](C)CCOC(C)=O. The van der Waals surface area contributed by atoms with Crippen LogP contribution in [0.2, 0.25) is 0 Å². The van der Waals surface area contributed by atoms with Crippen LogP contribution in [-0.4, -0.2) is 18.4 Å². The molecular formula is C22H36O3. The fraction of sp³-hybridized carbons (Fsp3) is 0.818. The Morgan fingerprint density at radius 1 is 1.28 bits per heavy atom. The summed E-state index contributed by atoms with van der Waals surface area (Å²) < 4.78 is 5.07. The Labute approximate surface area is 153 Å². The molecule has 0 unspecified atom stereocenters. The van der Waals surface area contributed by atoms with Crippen LogP contribution in [0, 0.1) is 28.6 Å². The van der Waals surface area contributed by atoms with Gasteiger partial charge in [0.25, 0.3) is 0 Å². The number of carbonyl (C=O) groups is 2. The van der Waals surface area contributed by atoms with E-state index in [-0.39, 0.29) is 16.8 Å². The van der Waals surface area contributed by atoms with E-state index in [1.807, 2.05) is 0 Å². The van der Waals surface area contributed by atoms with E-state index in [2.05, 4.69) is 34.3 Å². The lowest BCUT2D eigenvalue weighted by Gasteiger charge is -2.57. The lowest BCUT2D eigenvalue weighted by molar-refractivity contribution is -0.141. The number of Topliss-reactive ketones (excluding diaryl/α,β-unsaturated/α-hetero) is 1. The molecule has 0 spiro atoms. The molecule has 0 amide bonds. The van der Waals surface area contributed by atoms with Gasteiger partial charge in [0.05, 0.1) is 6.61 Å². The maximum atomic E-state index is 12.5. The largest absolute Gasteiger partial charge is 0.466 e. The van der Waals surface area contributed by atoms with Crippen molar-refractivity contribution < 1.29 is 14.3 Å². The zero-order valence-corrected chi connectivity index (χ0v) is 16.8. The quantitative estimate of drug-likeness (QED) is 0.481. The van der Waals surface area contributed by atoms with Crippen LogP contribution in [0.5, 0.6) is 0 Å². The summed E-state index contributed by atoms with van der Waals surface area (Å²) >= 11 is 0. The highest BCUT2D eigenvalue weighted by Crippen LogP contribution is 2.61. The van der Waals surface area contributed by atoms with Crippen LogP contribution >= 0.6 is 0 Å². The number of hydrogen-bond donors (Lipinski definition) is 0. The maximum absolute atomic E-state index is 12.5. The third-order valence-corrected chi connectivity index (χ3v) is 6.88. The Hall–Kier alpha value is -1.12. The molecule has 4 atom stereocenters. The van der Waals surface area contributed by atoms with Crippen molar-refractivity contribution in [3.8, 4) is 0 Å². The Morgan fingerprint density at radius 2 is 1.96 bits per heavy atom. The predicted octanol–water partition coefficient (Wildman–Crippen LogP) is 5.33. The highest BCUT2D eigenvalue weighted by molar-refractivity contribution is 5.81. The number of hydrogen-bond acceptors (Lipinski definition) is 3. The van der Waals surface area contributed by atoms with Crippen molar-refractivity contribution in [2.75, 3.05) is 6.61 Å². The number of fused-ring (bicyclic) bond motifs is 1. The number of carbonyl (C=O) groups excluding carboxylic acids is 2. The summed E-state index contributed by atoms with van der Waals surface area (Å²) in [5.41, 5.74) is 1.50. The molecule has 142 valence electrons. The number of allylic oxidation sites excluding steroid dienone is 1. The van der Waals surface area contributed by atoms with Gasteiger partial charge in [0.2, 0.25) is 0 Å². The first-order valence-corrected chi connectivity index (χ1v) is 9.89. The number of esters is 1. The van der Waals surface area contributed by atoms with Crippen molar-refractivity contribution in [1.82, 2.24) is 0 Å². The average molecular weight is 349 g/mol. The molecule has 3 heteroatoms. The van der Waals surface area contributed by atoms with Crippen LogP contribution in [0.3, 0.4) is 0 Å². The Morgan fingerprint density at radius 3 is 2.60 bits per heavy atom. The van der Waals surface area contributed by atoms with Crippen LogP contribution in [0.15, 0.2) is 12.2 Å². The zero-order chi connectivity index (χ0) is 18.8. The van der Waals surface area contributed by atoms with Crippen molar-refractivity contribution >= 4 is 11.8 Å². The molecule has 2 saturated carbocycles. The molecule has 0 aromatic carbocycles. The van der Waals surface area contributed by atoms with Gasteiger partial charge in [-0.05, 0) is 60.7 Å². The van der Waals surface area contributed by atoms with Crippen molar-refractivity contribution in [2.24, 2.45) is 28.6 Å². The van der Waals surface area contributed by atoms with Gasteiger partial charge in [0, 0.05) is 19.8 Å². The summed E-state index contributed by atoms with van der Waals surface area (Å²) in [6, 6.07) is 0. The van der Waals surface area contributed by atoms with Crippen LogP contribution in [-0.2, 0) is 14.3 Å². The fourth-order valence-corrected chi connectivity index (χ4v) is 5.72. The second kappa shape index (κ2) is 7.63. The topological polar surface area (TPSA) is 43.4 Å². The molecule has 0 bridgehead atoms. The van der Waals surface area contributed by atoms with E-state index >= 15 is 0 Å². The monoisotopic (exact) mass is 348 g/mol. The zero-order valence-electron chi connectivity index (χ0n) is 16.8. The average Bonchev–Trinajstić information content (AvgIpc) is 2.43. The highest BCUT2D eigenvalue weighted by Gasteiger charge is 2.54. The first-order valence-electron chi connectivity index (χ1n) is 9.89. The lowest BCUT2D eigenvalue weighted by atomic mass is 9.47. The van der Waals surface area contributed by atoms with E-state index in [0.717, 1.165) is 32.1 Å². The molecule has 0 saturated heterocycles. The highest BCUT2D eigenvalue weighted by atomic mass is 16.5. The van der Waals surface area contributed by atoms with Crippen molar-refractivity contribution in [2.45, 2.75) is 79.6 Å². The summed E-state index contributed by atoms with van der Waals surface area (Å²) in [7, 11) is 0. The lowest BCUT2D eigenvalue weighted by Crippen LogP contribution is -2.52. The standard InChI is InChI=1S/C22H36O3/c1-15(11-12-25-17(3)23)7-9-19-16(2)8-10-20-21(4,5)13-18(24)14-22(19,20)6/h15,19-20H,2,7-14H2,1,3-6H3/t15-,19-,20+,22+/m0/s1. The van der Waals surface area contributed by atoms with Gasteiger partial charge in [-0.3, -0.25) is 9.59 Å². The summed E-state index contributed by atoms with van der Waals surface area (Å²) in [4.78, 5) is 23.4. The van der Waals surface area contributed by atoms with Gasteiger partial charge < -0.3 is 4.74 Å². The first kappa shape index (κ1) is 20.2. The predicted molar refractivity (Wildman–Crippen MR) is 101 cm³/mol. The van der Waals surface area contributed by atoms with Crippen LogP contribution < -0.4 is 0 Å². The number of ketones is 1. The maximum Gasteiger partial charge on any atom is 0.302 e. The molecule has 0 N–H and O–H groups in total. The van der Waals surface area contributed by atoms with Crippen molar-refractivity contribution in [3.63, 3.8) is 0 Å². The molecule has 0 aromatic rings. The summed E-state index contributed by atoms with van der Waals surface area (Å²) in [6.45, 7) is 15.5. The number of ether oxygens (including phenoxy) is 1. The van der Waals surface area contributed by atoms with Gasteiger partial charge in [-0.2, -0.15) is 0 Å². The van der Waals surface area contributed by atoms with Crippen molar-refractivity contribution in [1.29, 1.82) is 0 Å². The first-order chi connectivity index (χ1) is 11.6. The van der Waals surface area contributed by atoms with Gasteiger partial charge in [-0.25, -0.2) is 0 Å². The Balaban J connectivity index is 2.03. The van der Waals surface area contributed by atoms with E-state index in [0.29, 0.717) is 36.6 Å². The molecule has 3 nitrogen and oxygen atoms in total. The molecule has 0 radical (unpaired) electrons. The van der Waals surface area contributed by atoms with E-state index in [4.69, 9.17) is 4.74 Å². The van der Waals surface area contributed by atoms with Crippen LogP contribution in [0.4, 0.5) is 0 Å². The minimum Gasteiger partial charge on any atom is -0.466 e. The van der Waals surface area contributed by atoms with Gasteiger partial charge in [-0.15, -0.1) is 0 Å². The minimum atomic E-state index is -0.203. The number of rotatable bonds is 6. The van der Waals surface area contributed by atoms with Crippen molar-refractivity contribution in [3.05, 3.63) is 12.2 Å². The van der Waals surface area contributed by atoms with Crippen LogP contribution in [0.1, 0.15) is 79.6 Å². The smallest absolute Gasteiger partial charge is 0.302 e. The molecule has 0 heterocycles. The molecule has 0 aromatic heterocycles. The van der Waals surface area contributed by atoms with Gasteiger partial charge >= 0.3 is 5.97 Å². The van der Waals surface area contributed by atoms with Gasteiger partial charge in [0.1, 0.15) is 5.78 Å². The molecule has 2 rings (SSSR count). The summed E-state index contributed by atoms with van der Waals surface area (Å²) in [5, 5.41) is 0. The van der Waals surface area contributed by atoms with E-state index in [9.17, 15) is 9.59 Å². The van der Waals surface area contributed by atoms with E-state index in [1.165, 1.54) is 18.9 Å². The molecule has 2 aliphatic carbocycles. The summed E-state index contributed by atoms with van der Waals surface area (Å²) in [6.07, 6.45) is 6.82. The molecule has 25 heavy (non-hydrogen) atoms. The van der Waals surface area contributed by atoms with E-state index in [1.54, 1.807) is 0 Å². The third-order valence-electron chi connectivity index (χ3n) is 6.88. The Bertz CT molecular complexity index is 533. The molecule has 2 aliphatic rings. The van der Waals surface area contributed by atoms with E-state index < -0.39 is 0 Å². The third kappa shape index (κ3) is 4.54. The van der Waals surface area contributed by atoms with Crippen LogP contribution in [0.25, 0.3) is 0 Å². The second-order valence-corrected chi connectivity index (χ2v) is 9.50.